The van der Waals surface area contributed by atoms with Crippen molar-refractivity contribution in [1.29, 1.82) is 0 Å². The maximum atomic E-state index is 12.3. The van der Waals surface area contributed by atoms with E-state index in [-0.39, 0.29) is 42.8 Å². The van der Waals surface area contributed by atoms with Gasteiger partial charge < -0.3 is 20.1 Å². The number of carbonyl (C=O) groups excluding carboxylic acids is 2. The SMILES string of the molecule is COc1cc(CNC(=O)CCNC(=O)c2ccc(Cl)cc2)ccc1OC(F)F. The first kappa shape index (κ1) is 21.4. The van der Waals surface area contributed by atoms with E-state index in [1.165, 1.54) is 19.2 Å². The molecule has 0 bridgehead atoms. The largest absolute Gasteiger partial charge is 0.493 e. The summed E-state index contributed by atoms with van der Waals surface area (Å²) in [7, 11) is 1.33. The summed E-state index contributed by atoms with van der Waals surface area (Å²) >= 11 is 5.76. The van der Waals surface area contributed by atoms with Gasteiger partial charge in [0.2, 0.25) is 5.91 Å². The lowest BCUT2D eigenvalue weighted by Gasteiger charge is -2.12. The molecule has 6 nitrogen and oxygen atoms in total. The van der Waals surface area contributed by atoms with E-state index in [4.69, 9.17) is 16.3 Å². The van der Waals surface area contributed by atoms with Crippen LogP contribution in [-0.2, 0) is 11.3 Å². The quantitative estimate of drug-likeness (QED) is 0.662. The minimum Gasteiger partial charge on any atom is -0.493 e. The van der Waals surface area contributed by atoms with Crippen molar-refractivity contribution >= 4 is 23.4 Å². The van der Waals surface area contributed by atoms with Crippen molar-refractivity contribution in [1.82, 2.24) is 10.6 Å². The first-order valence-corrected chi connectivity index (χ1v) is 8.69. The lowest BCUT2D eigenvalue weighted by Crippen LogP contribution is -2.30. The molecule has 2 aromatic rings. The number of methoxy groups -OCH3 is 1. The lowest BCUT2D eigenvalue weighted by atomic mass is 10.2. The second-order valence-electron chi connectivity index (χ2n) is 5.65. The average Bonchev–Trinajstić information content (AvgIpc) is 2.67. The highest BCUT2D eigenvalue weighted by atomic mass is 35.5. The highest BCUT2D eigenvalue weighted by molar-refractivity contribution is 6.30. The summed E-state index contributed by atoms with van der Waals surface area (Å²) in [6, 6.07) is 10.8. The average molecular weight is 413 g/mol. The Morgan fingerprint density at radius 2 is 1.79 bits per heavy atom. The molecule has 28 heavy (non-hydrogen) atoms. The van der Waals surface area contributed by atoms with Gasteiger partial charge in [0.25, 0.3) is 5.91 Å². The van der Waals surface area contributed by atoms with Crippen molar-refractivity contribution in [2.24, 2.45) is 0 Å². The molecule has 2 amide bonds. The van der Waals surface area contributed by atoms with E-state index in [9.17, 15) is 18.4 Å². The van der Waals surface area contributed by atoms with Gasteiger partial charge >= 0.3 is 6.61 Å². The van der Waals surface area contributed by atoms with E-state index in [2.05, 4.69) is 15.4 Å². The molecule has 0 aliphatic rings. The molecule has 2 N–H and O–H groups in total. The second-order valence-corrected chi connectivity index (χ2v) is 6.09. The molecular formula is C19H19ClF2N2O4. The van der Waals surface area contributed by atoms with Crippen molar-refractivity contribution in [3.8, 4) is 11.5 Å². The fourth-order valence-electron chi connectivity index (χ4n) is 2.30. The van der Waals surface area contributed by atoms with E-state index in [0.29, 0.717) is 16.1 Å². The Labute approximate surface area is 165 Å². The number of amides is 2. The maximum Gasteiger partial charge on any atom is 0.387 e. The molecule has 0 spiro atoms. The van der Waals surface area contributed by atoms with E-state index >= 15 is 0 Å². The summed E-state index contributed by atoms with van der Waals surface area (Å²) in [6.07, 6.45) is 0.0864. The minimum absolute atomic E-state index is 0.0857. The number of ether oxygens (including phenoxy) is 2. The third kappa shape index (κ3) is 6.70. The van der Waals surface area contributed by atoms with E-state index in [0.717, 1.165) is 0 Å². The van der Waals surface area contributed by atoms with Crippen LogP contribution in [0.2, 0.25) is 5.02 Å². The van der Waals surface area contributed by atoms with Crippen molar-refractivity contribution in [3.63, 3.8) is 0 Å². The number of hydrogen-bond acceptors (Lipinski definition) is 4. The van der Waals surface area contributed by atoms with E-state index in [1.54, 1.807) is 30.3 Å². The van der Waals surface area contributed by atoms with Crippen LogP contribution in [0.3, 0.4) is 0 Å². The molecule has 0 aromatic heterocycles. The summed E-state index contributed by atoms with van der Waals surface area (Å²) in [4.78, 5) is 23.8. The fourth-order valence-corrected chi connectivity index (χ4v) is 2.42. The number of rotatable bonds is 9. The van der Waals surface area contributed by atoms with Crippen LogP contribution < -0.4 is 20.1 Å². The Morgan fingerprint density at radius 3 is 2.43 bits per heavy atom. The summed E-state index contributed by atoms with van der Waals surface area (Å²) in [5.41, 5.74) is 1.10. The molecule has 9 heteroatoms. The molecule has 0 heterocycles. The van der Waals surface area contributed by atoms with Crippen LogP contribution in [0.25, 0.3) is 0 Å². The summed E-state index contributed by atoms with van der Waals surface area (Å²) in [5.74, 6) is -0.521. The summed E-state index contributed by atoms with van der Waals surface area (Å²) in [6.45, 7) is -2.62. The van der Waals surface area contributed by atoms with Crippen LogP contribution in [0.15, 0.2) is 42.5 Å². The minimum atomic E-state index is -2.96. The van der Waals surface area contributed by atoms with Gasteiger partial charge in [0.15, 0.2) is 11.5 Å². The zero-order valence-electron chi connectivity index (χ0n) is 15.0. The first-order chi connectivity index (χ1) is 13.4. The molecule has 0 unspecified atom stereocenters. The van der Waals surface area contributed by atoms with Crippen molar-refractivity contribution < 1.29 is 27.8 Å². The number of hydrogen-bond donors (Lipinski definition) is 2. The third-order valence-corrected chi connectivity index (χ3v) is 3.93. The van der Waals surface area contributed by atoms with E-state index in [1.807, 2.05) is 0 Å². The van der Waals surface area contributed by atoms with Crippen molar-refractivity contribution in [2.45, 2.75) is 19.6 Å². The Morgan fingerprint density at radius 1 is 1.07 bits per heavy atom. The second kappa shape index (κ2) is 10.5. The molecule has 2 aromatic carbocycles. The molecule has 0 aliphatic carbocycles. The first-order valence-electron chi connectivity index (χ1n) is 8.31. The van der Waals surface area contributed by atoms with Gasteiger partial charge in [-0.3, -0.25) is 9.59 Å². The zero-order chi connectivity index (χ0) is 20.5. The predicted octanol–water partition coefficient (Wildman–Crippen LogP) is 3.39. The van der Waals surface area contributed by atoms with E-state index < -0.39 is 6.61 Å². The molecule has 0 saturated heterocycles. The van der Waals surface area contributed by atoms with Gasteiger partial charge in [-0.05, 0) is 42.0 Å². The van der Waals surface area contributed by atoms with Gasteiger partial charge in [-0.15, -0.1) is 0 Å². The maximum absolute atomic E-state index is 12.3. The Balaban J connectivity index is 1.77. The number of alkyl halides is 2. The van der Waals surface area contributed by atoms with Crippen molar-refractivity contribution in [2.75, 3.05) is 13.7 Å². The third-order valence-electron chi connectivity index (χ3n) is 3.68. The molecule has 0 radical (unpaired) electrons. The van der Waals surface area contributed by atoms with Crippen LogP contribution in [0.4, 0.5) is 8.78 Å². The normalized spacial score (nSPS) is 10.5. The molecule has 150 valence electrons. The molecular weight excluding hydrogens is 394 g/mol. The monoisotopic (exact) mass is 412 g/mol. The van der Waals surface area contributed by atoms with Gasteiger partial charge in [-0.2, -0.15) is 8.78 Å². The Bertz CT molecular complexity index is 816. The summed E-state index contributed by atoms with van der Waals surface area (Å²) in [5, 5.41) is 5.85. The summed E-state index contributed by atoms with van der Waals surface area (Å²) < 4.78 is 34.0. The fraction of sp³-hybridized carbons (Fsp3) is 0.263. The van der Waals surface area contributed by atoms with Crippen LogP contribution in [0.1, 0.15) is 22.3 Å². The topological polar surface area (TPSA) is 76.7 Å². The molecule has 0 saturated carbocycles. The van der Waals surface area contributed by atoms with Crippen LogP contribution >= 0.6 is 11.6 Å². The number of carbonyl (C=O) groups is 2. The Hall–Kier alpha value is -2.87. The van der Waals surface area contributed by atoms with Gasteiger partial charge in [-0.1, -0.05) is 17.7 Å². The van der Waals surface area contributed by atoms with Crippen molar-refractivity contribution in [3.05, 3.63) is 58.6 Å². The smallest absolute Gasteiger partial charge is 0.387 e. The standard InChI is InChI=1S/C19H19ClF2N2O4/c1-27-16-10-12(2-7-15(16)28-19(21)22)11-24-17(25)8-9-23-18(26)13-3-5-14(20)6-4-13/h2-7,10,19H,8-9,11H2,1H3,(H,23,26)(H,24,25). The zero-order valence-corrected chi connectivity index (χ0v) is 15.8. The number of benzene rings is 2. The van der Waals surface area contributed by atoms with Crippen LogP contribution in [0, 0.1) is 0 Å². The van der Waals surface area contributed by atoms with Gasteiger partial charge in [0.05, 0.1) is 7.11 Å². The van der Waals surface area contributed by atoms with Gasteiger partial charge in [0.1, 0.15) is 0 Å². The number of halogens is 3. The lowest BCUT2D eigenvalue weighted by molar-refractivity contribution is -0.121. The highest BCUT2D eigenvalue weighted by Gasteiger charge is 2.12. The Kier molecular flexibility index (Phi) is 8.01. The van der Waals surface area contributed by atoms with Gasteiger partial charge in [0, 0.05) is 30.1 Å². The van der Waals surface area contributed by atoms with Crippen LogP contribution in [0.5, 0.6) is 11.5 Å². The van der Waals surface area contributed by atoms with Gasteiger partial charge in [-0.25, -0.2) is 0 Å². The molecule has 2 rings (SSSR count). The predicted molar refractivity (Wildman–Crippen MR) is 99.9 cm³/mol. The molecule has 0 atom stereocenters. The molecule has 0 aliphatic heterocycles. The van der Waals surface area contributed by atoms with Crippen LogP contribution in [-0.4, -0.2) is 32.1 Å². The number of nitrogens with one attached hydrogen (secondary N) is 2. The molecule has 0 fully saturated rings. The highest BCUT2D eigenvalue weighted by Crippen LogP contribution is 2.29.